The van der Waals surface area contributed by atoms with E-state index in [0.29, 0.717) is 0 Å². The van der Waals surface area contributed by atoms with Crippen LogP contribution in [0.1, 0.15) is 24.1 Å². The smallest absolute Gasteiger partial charge is 0.0488 e. The Morgan fingerprint density at radius 1 is 0.905 bits per heavy atom. The normalized spacial score (nSPS) is 12.1. The highest BCUT2D eigenvalue weighted by atomic mass is 32.1. The molecule has 1 N–H and O–H groups in total. The van der Waals surface area contributed by atoms with Gasteiger partial charge in [-0.05, 0) is 42.5 Å². The molecular formula is C19H19NS. The summed E-state index contributed by atoms with van der Waals surface area (Å²) in [4.78, 5) is 1.30. The van der Waals surface area contributed by atoms with Crippen LogP contribution >= 0.6 is 11.3 Å². The molecule has 106 valence electrons. The zero-order valence-corrected chi connectivity index (χ0v) is 13.2. The molecule has 21 heavy (non-hydrogen) atoms. The second kappa shape index (κ2) is 6.15. The highest BCUT2D eigenvalue weighted by Crippen LogP contribution is 2.33. The Bertz CT molecular complexity index is 716. The zero-order chi connectivity index (χ0) is 14.7. The molecule has 1 aromatic heterocycles. The Morgan fingerprint density at radius 2 is 1.67 bits per heavy atom. The van der Waals surface area contributed by atoms with Crippen LogP contribution in [0, 0.1) is 6.92 Å². The Morgan fingerprint density at radius 3 is 2.43 bits per heavy atom. The summed E-state index contributed by atoms with van der Waals surface area (Å²) in [5.41, 5.74) is 5.13. The van der Waals surface area contributed by atoms with E-state index in [4.69, 9.17) is 0 Å². The molecule has 0 bridgehead atoms. The Kier molecular flexibility index (Phi) is 4.07. The van der Waals surface area contributed by atoms with E-state index in [1.54, 1.807) is 11.3 Å². The van der Waals surface area contributed by atoms with Crippen LogP contribution < -0.4 is 5.32 Å². The quantitative estimate of drug-likeness (QED) is 0.631. The molecule has 2 heteroatoms. The molecule has 0 saturated carbocycles. The van der Waals surface area contributed by atoms with Crippen molar-refractivity contribution in [1.29, 1.82) is 0 Å². The molecular weight excluding hydrogens is 274 g/mol. The third kappa shape index (κ3) is 3.01. The van der Waals surface area contributed by atoms with Crippen molar-refractivity contribution in [2.24, 2.45) is 0 Å². The molecule has 1 atom stereocenters. The third-order valence-corrected chi connectivity index (χ3v) is 4.64. The summed E-state index contributed by atoms with van der Waals surface area (Å²) < 4.78 is 0. The molecule has 0 fully saturated rings. The first-order valence-corrected chi connectivity index (χ1v) is 8.08. The molecule has 0 radical (unpaired) electrons. The van der Waals surface area contributed by atoms with E-state index in [0.717, 1.165) is 0 Å². The summed E-state index contributed by atoms with van der Waals surface area (Å²) in [6.45, 7) is 4.38. The number of thiophene rings is 1. The van der Waals surface area contributed by atoms with Gasteiger partial charge in [0.25, 0.3) is 0 Å². The van der Waals surface area contributed by atoms with E-state index in [9.17, 15) is 0 Å². The highest BCUT2D eigenvalue weighted by Gasteiger charge is 2.11. The number of hydrogen-bond donors (Lipinski definition) is 1. The second-order valence-corrected chi connectivity index (χ2v) is 6.19. The fraction of sp³-hybridized carbons (Fsp3) is 0.158. The lowest BCUT2D eigenvalue weighted by Gasteiger charge is -2.19. The predicted octanol–water partition coefficient (Wildman–Crippen LogP) is 5.90. The first-order valence-electron chi connectivity index (χ1n) is 7.20. The minimum atomic E-state index is 0.285. The number of para-hydroxylation sites is 1. The molecule has 3 aromatic rings. The van der Waals surface area contributed by atoms with Gasteiger partial charge in [0.05, 0.1) is 0 Å². The molecule has 0 aliphatic rings. The second-order valence-electron chi connectivity index (χ2n) is 5.25. The van der Waals surface area contributed by atoms with Crippen molar-refractivity contribution in [2.75, 3.05) is 5.32 Å². The molecule has 1 nitrogen and oxygen atoms in total. The average Bonchev–Trinajstić information content (AvgIpc) is 3.02. The molecule has 0 aliphatic heterocycles. The maximum absolute atomic E-state index is 3.66. The van der Waals surface area contributed by atoms with Gasteiger partial charge in [-0.15, -0.1) is 11.3 Å². The number of anilines is 1. The van der Waals surface area contributed by atoms with Crippen LogP contribution in [0.4, 0.5) is 5.69 Å². The number of hydrogen-bond acceptors (Lipinski definition) is 2. The summed E-state index contributed by atoms with van der Waals surface area (Å²) in [5.74, 6) is 0. The molecule has 0 saturated heterocycles. The Labute approximate surface area is 130 Å². The number of rotatable bonds is 4. The van der Waals surface area contributed by atoms with Crippen molar-refractivity contribution in [3.63, 3.8) is 0 Å². The first-order chi connectivity index (χ1) is 10.3. The zero-order valence-electron chi connectivity index (χ0n) is 12.3. The predicted molar refractivity (Wildman–Crippen MR) is 93.0 cm³/mol. The van der Waals surface area contributed by atoms with E-state index >= 15 is 0 Å². The van der Waals surface area contributed by atoms with Crippen LogP contribution in [0.5, 0.6) is 0 Å². The highest BCUT2D eigenvalue weighted by molar-refractivity contribution is 7.13. The molecule has 0 amide bonds. The van der Waals surface area contributed by atoms with Gasteiger partial charge in [0.1, 0.15) is 0 Å². The maximum atomic E-state index is 3.66. The molecule has 3 rings (SSSR count). The van der Waals surface area contributed by atoms with E-state index in [-0.39, 0.29) is 6.04 Å². The van der Waals surface area contributed by atoms with Crippen molar-refractivity contribution >= 4 is 17.0 Å². The topological polar surface area (TPSA) is 12.0 Å². The molecule has 0 spiro atoms. The minimum absolute atomic E-state index is 0.285. The van der Waals surface area contributed by atoms with Crippen LogP contribution in [0.25, 0.3) is 10.4 Å². The van der Waals surface area contributed by atoms with Gasteiger partial charge in [0.2, 0.25) is 0 Å². The number of benzene rings is 2. The van der Waals surface area contributed by atoms with E-state index in [1.165, 1.54) is 27.3 Å². The van der Waals surface area contributed by atoms with Gasteiger partial charge in [0.15, 0.2) is 0 Å². The molecule has 1 unspecified atom stereocenters. The SMILES string of the molecule is Cc1ccccc1C(C)Nc1ccccc1-c1cccs1. The lowest BCUT2D eigenvalue weighted by molar-refractivity contribution is 0.875. The van der Waals surface area contributed by atoms with E-state index in [2.05, 4.69) is 85.2 Å². The summed E-state index contributed by atoms with van der Waals surface area (Å²) >= 11 is 1.78. The van der Waals surface area contributed by atoms with Crippen LogP contribution in [0.15, 0.2) is 66.0 Å². The summed E-state index contributed by atoms with van der Waals surface area (Å²) in [6.07, 6.45) is 0. The lowest BCUT2D eigenvalue weighted by Crippen LogP contribution is -2.08. The summed E-state index contributed by atoms with van der Waals surface area (Å²) in [7, 11) is 0. The van der Waals surface area contributed by atoms with Gasteiger partial charge in [-0.2, -0.15) is 0 Å². The summed E-state index contributed by atoms with van der Waals surface area (Å²) in [6, 6.07) is 21.6. The molecule has 2 aromatic carbocycles. The lowest BCUT2D eigenvalue weighted by atomic mass is 10.0. The Hall–Kier alpha value is -2.06. The molecule has 0 aliphatic carbocycles. The van der Waals surface area contributed by atoms with Gasteiger partial charge < -0.3 is 5.32 Å². The van der Waals surface area contributed by atoms with Crippen molar-refractivity contribution in [1.82, 2.24) is 0 Å². The third-order valence-electron chi connectivity index (χ3n) is 3.74. The Balaban J connectivity index is 1.91. The van der Waals surface area contributed by atoms with Gasteiger partial charge in [0, 0.05) is 22.2 Å². The average molecular weight is 293 g/mol. The van der Waals surface area contributed by atoms with Crippen molar-refractivity contribution in [2.45, 2.75) is 19.9 Å². The molecule has 1 heterocycles. The standard InChI is InChI=1S/C19H19NS/c1-14-8-3-4-9-16(14)15(2)20-18-11-6-5-10-17(18)19-12-7-13-21-19/h3-13,15,20H,1-2H3. The van der Waals surface area contributed by atoms with Crippen LogP contribution in [-0.2, 0) is 0 Å². The minimum Gasteiger partial charge on any atom is -0.378 e. The first kappa shape index (κ1) is 13.9. The number of aryl methyl sites for hydroxylation is 1. The fourth-order valence-corrected chi connectivity index (χ4v) is 3.41. The van der Waals surface area contributed by atoms with Crippen LogP contribution in [0.2, 0.25) is 0 Å². The monoisotopic (exact) mass is 293 g/mol. The van der Waals surface area contributed by atoms with Crippen molar-refractivity contribution < 1.29 is 0 Å². The fourth-order valence-electron chi connectivity index (χ4n) is 2.64. The van der Waals surface area contributed by atoms with Crippen LogP contribution in [0.3, 0.4) is 0 Å². The van der Waals surface area contributed by atoms with Gasteiger partial charge in [-0.3, -0.25) is 0 Å². The van der Waals surface area contributed by atoms with E-state index in [1.807, 2.05) is 0 Å². The van der Waals surface area contributed by atoms with Crippen LogP contribution in [-0.4, -0.2) is 0 Å². The van der Waals surface area contributed by atoms with Crippen molar-refractivity contribution in [3.05, 3.63) is 77.2 Å². The van der Waals surface area contributed by atoms with Gasteiger partial charge >= 0.3 is 0 Å². The summed E-state index contributed by atoms with van der Waals surface area (Å²) in [5, 5.41) is 5.78. The van der Waals surface area contributed by atoms with Gasteiger partial charge in [-0.25, -0.2) is 0 Å². The number of nitrogens with one attached hydrogen (secondary N) is 1. The maximum Gasteiger partial charge on any atom is 0.0488 e. The van der Waals surface area contributed by atoms with E-state index < -0.39 is 0 Å². The van der Waals surface area contributed by atoms with Gasteiger partial charge in [-0.1, -0.05) is 48.5 Å². The largest absolute Gasteiger partial charge is 0.378 e. The van der Waals surface area contributed by atoms with Crippen molar-refractivity contribution in [3.8, 4) is 10.4 Å².